The Morgan fingerprint density at radius 3 is 2.53 bits per heavy atom. The zero-order valence-electron chi connectivity index (χ0n) is 11.2. The number of hydrogen-bond acceptors (Lipinski definition) is 2. The summed E-state index contributed by atoms with van der Waals surface area (Å²) in [5.41, 5.74) is 2.39. The topological polar surface area (TPSA) is 29.9 Å². The van der Waals surface area contributed by atoms with E-state index < -0.39 is 0 Å². The zero-order chi connectivity index (χ0) is 12.1. The van der Waals surface area contributed by atoms with E-state index in [-0.39, 0.29) is 0 Å². The van der Waals surface area contributed by atoms with Gasteiger partial charge in [-0.1, -0.05) is 25.7 Å². The maximum Gasteiger partial charge on any atom is 0.0596 e. The SMILES string of the molecule is Cc1cc(C)n(CCNC2CCCCCC2)n1. The minimum absolute atomic E-state index is 0.745. The molecule has 1 aliphatic rings. The van der Waals surface area contributed by atoms with Crippen LogP contribution < -0.4 is 5.32 Å². The van der Waals surface area contributed by atoms with Crippen LogP contribution in [0, 0.1) is 13.8 Å². The van der Waals surface area contributed by atoms with Gasteiger partial charge in [0.05, 0.1) is 12.2 Å². The fraction of sp³-hybridized carbons (Fsp3) is 0.786. The molecule has 0 unspecified atom stereocenters. The second-order valence-corrected chi connectivity index (χ2v) is 5.29. The van der Waals surface area contributed by atoms with Crippen LogP contribution in [0.5, 0.6) is 0 Å². The number of aromatic nitrogens is 2. The number of rotatable bonds is 4. The summed E-state index contributed by atoms with van der Waals surface area (Å²) in [4.78, 5) is 0. The second-order valence-electron chi connectivity index (χ2n) is 5.29. The molecule has 0 bridgehead atoms. The van der Waals surface area contributed by atoms with Crippen LogP contribution in [0.4, 0.5) is 0 Å². The van der Waals surface area contributed by atoms with Crippen molar-refractivity contribution in [2.75, 3.05) is 6.54 Å². The molecule has 0 atom stereocenters. The number of nitrogens with one attached hydrogen (secondary N) is 1. The molecule has 1 aromatic rings. The van der Waals surface area contributed by atoms with Crippen molar-refractivity contribution in [3.05, 3.63) is 17.5 Å². The monoisotopic (exact) mass is 235 g/mol. The summed E-state index contributed by atoms with van der Waals surface area (Å²) in [6.45, 7) is 6.23. The van der Waals surface area contributed by atoms with E-state index in [4.69, 9.17) is 0 Å². The molecule has 1 saturated carbocycles. The van der Waals surface area contributed by atoms with Gasteiger partial charge in [-0.2, -0.15) is 5.10 Å². The lowest BCUT2D eigenvalue weighted by Crippen LogP contribution is -2.31. The lowest BCUT2D eigenvalue weighted by Gasteiger charge is -2.16. The van der Waals surface area contributed by atoms with E-state index in [9.17, 15) is 0 Å². The van der Waals surface area contributed by atoms with Crippen LogP contribution in [0.15, 0.2) is 6.07 Å². The van der Waals surface area contributed by atoms with Crippen molar-refractivity contribution >= 4 is 0 Å². The van der Waals surface area contributed by atoms with Crippen molar-refractivity contribution in [3.63, 3.8) is 0 Å². The van der Waals surface area contributed by atoms with Crippen molar-refractivity contribution in [2.24, 2.45) is 0 Å². The Morgan fingerprint density at radius 1 is 1.24 bits per heavy atom. The summed E-state index contributed by atoms with van der Waals surface area (Å²) < 4.78 is 2.11. The van der Waals surface area contributed by atoms with Gasteiger partial charge in [0.1, 0.15) is 0 Å². The Labute approximate surface area is 105 Å². The first-order chi connectivity index (χ1) is 8.25. The average Bonchev–Trinajstić information content (AvgIpc) is 2.54. The summed E-state index contributed by atoms with van der Waals surface area (Å²) in [6, 6.07) is 2.89. The van der Waals surface area contributed by atoms with Gasteiger partial charge in [0.2, 0.25) is 0 Å². The lowest BCUT2D eigenvalue weighted by atomic mass is 10.1. The van der Waals surface area contributed by atoms with Crippen LogP contribution >= 0.6 is 0 Å². The molecule has 0 aromatic carbocycles. The molecule has 1 heterocycles. The van der Waals surface area contributed by atoms with Gasteiger partial charge in [-0.25, -0.2) is 0 Å². The highest BCUT2D eigenvalue weighted by molar-refractivity contribution is 5.06. The van der Waals surface area contributed by atoms with E-state index in [1.165, 1.54) is 44.2 Å². The maximum atomic E-state index is 4.49. The lowest BCUT2D eigenvalue weighted by molar-refractivity contribution is 0.434. The van der Waals surface area contributed by atoms with Crippen molar-refractivity contribution in [1.29, 1.82) is 0 Å². The molecule has 0 aliphatic heterocycles. The predicted octanol–water partition coefficient (Wildman–Crippen LogP) is 2.81. The molecule has 1 fully saturated rings. The molecule has 1 N–H and O–H groups in total. The summed E-state index contributed by atoms with van der Waals surface area (Å²) in [5, 5.41) is 8.17. The fourth-order valence-corrected chi connectivity index (χ4v) is 2.76. The predicted molar refractivity (Wildman–Crippen MR) is 71.2 cm³/mol. The number of aryl methyl sites for hydroxylation is 2. The van der Waals surface area contributed by atoms with Crippen molar-refractivity contribution in [3.8, 4) is 0 Å². The Bertz CT molecular complexity index is 335. The summed E-state index contributed by atoms with van der Waals surface area (Å²) >= 11 is 0. The highest BCUT2D eigenvalue weighted by Gasteiger charge is 2.11. The van der Waals surface area contributed by atoms with Gasteiger partial charge < -0.3 is 5.32 Å². The van der Waals surface area contributed by atoms with Gasteiger partial charge in [-0.15, -0.1) is 0 Å². The Morgan fingerprint density at radius 2 is 1.94 bits per heavy atom. The highest BCUT2D eigenvalue weighted by Crippen LogP contribution is 2.16. The Hall–Kier alpha value is -0.830. The normalized spacial score (nSPS) is 18.2. The molecule has 96 valence electrons. The molecule has 0 radical (unpaired) electrons. The van der Waals surface area contributed by atoms with Crippen LogP contribution in [0.2, 0.25) is 0 Å². The molecule has 0 spiro atoms. The maximum absolute atomic E-state index is 4.49. The van der Waals surface area contributed by atoms with Crippen LogP contribution in [0.1, 0.15) is 49.9 Å². The Kier molecular flexibility index (Phi) is 4.60. The molecular weight excluding hydrogens is 210 g/mol. The minimum Gasteiger partial charge on any atom is -0.312 e. The van der Waals surface area contributed by atoms with Gasteiger partial charge in [-0.3, -0.25) is 4.68 Å². The van der Waals surface area contributed by atoms with Crippen molar-refractivity contribution < 1.29 is 0 Å². The van der Waals surface area contributed by atoms with Crippen LogP contribution in [-0.2, 0) is 6.54 Å². The van der Waals surface area contributed by atoms with E-state index in [1.54, 1.807) is 0 Å². The van der Waals surface area contributed by atoms with Gasteiger partial charge in [0.15, 0.2) is 0 Å². The van der Waals surface area contributed by atoms with Crippen LogP contribution in [0.3, 0.4) is 0 Å². The third-order valence-electron chi connectivity index (χ3n) is 3.72. The number of nitrogens with zero attached hydrogens (tertiary/aromatic N) is 2. The van der Waals surface area contributed by atoms with Crippen molar-refractivity contribution in [1.82, 2.24) is 15.1 Å². The molecule has 3 heteroatoms. The average molecular weight is 235 g/mol. The third-order valence-corrected chi connectivity index (χ3v) is 3.72. The molecule has 0 amide bonds. The van der Waals surface area contributed by atoms with Crippen LogP contribution in [-0.4, -0.2) is 22.4 Å². The molecule has 1 aliphatic carbocycles. The summed E-state index contributed by atoms with van der Waals surface area (Å²) in [7, 11) is 0. The first-order valence-electron chi connectivity index (χ1n) is 7.00. The first-order valence-corrected chi connectivity index (χ1v) is 7.00. The smallest absolute Gasteiger partial charge is 0.0596 e. The molecule has 2 rings (SSSR count). The quantitative estimate of drug-likeness (QED) is 0.813. The van der Waals surface area contributed by atoms with E-state index in [0.717, 1.165) is 24.8 Å². The molecule has 17 heavy (non-hydrogen) atoms. The molecular formula is C14H25N3. The summed E-state index contributed by atoms with van der Waals surface area (Å²) in [5.74, 6) is 0. The first kappa shape index (κ1) is 12.6. The van der Waals surface area contributed by atoms with Gasteiger partial charge in [-0.05, 0) is 32.8 Å². The largest absolute Gasteiger partial charge is 0.312 e. The minimum atomic E-state index is 0.745. The van der Waals surface area contributed by atoms with Gasteiger partial charge >= 0.3 is 0 Å². The number of hydrogen-bond donors (Lipinski definition) is 1. The third kappa shape index (κ3) is 3.84. The van der Waals surface area contributed by atoms with E-state index in [2.05, 4.69) is 35.0 Å². The Balaban J connectivity index is 1.73. The second kappa shape index (κ2) is 6.20. The zero-order valence-corrected chi connectivity index (χ0v) is 11.2. The molecule has 1 aromatic heterocycles. The van der Waals surface area contributed by atoms with E-state index in [1.807, 2.05) is 0 Å². The fourth-order valence-electron chi connectivity index (χ4n) is 2.76. The van der Waals surface area contributed by atoms with E-state index >= 15 is 0 Å². The molecule has 0 saturated heterocycles. The highest BCUT2D eigenvalue weighted by atomic mass is 15.3. The van der Waals surface area contributed by atoms with E-state index in [0.29, 0.717) is 0 Å². The summed E-state index contributed by atoms with van der Waals surface area (Å²) in [6.07, 6.45) is 8.37. The van der Waals surface area contributed by atoms with Crippen LogP contribution in [0.25, 0.3) is 0 Å². The standard InChI is InChI=1S/C14H25N3/c1-12-11-13(2)17(16-12)10-9-15-14-7-5-3-4-6-8-14/h11,14-15H,3-10H2,1-2H3. The molecule has 3 nitrogen and oxygen atoms in total. The van der Waals surface area contributed by atoms with Gasteiger partial charge in [0.25, 0.3) is 0 Å². The van der Waals surface area contributed by atoms with Gasteiger partial charge in [0, 0.05) is 18.3 Å². The van der Waals surface area contributed by atoms with Crippen molar-refractivity contribution in [2.45, 2.75) is 65.0 Å².